The molecular formula is C22H26N2O3S. The van der Waals surface area contributed by atoms with Crippen LogP contribution in [-0.4, -0.2) is 25.1 Å². The number of nitrogens with one attached hydrogen (secondary N) is 2. The summed E-state index contributed by atoms with van der Waals surface area (Å²) < 4.78 is 25.0. The summed E-state index contributed by atoms with van der Waals surface area (Å²) >= 11 is 0. The Morgan fingerprint density at radius 3 is 2.39 bits per heavy atom. The number of hydrogen-bond donors (Lipinski definition) is 2. The molecule has 0 radical (unpaired) electrons. The second kappa shape index (κ2) is 7.80. The maximum Gasteiger partial charge on any atom is 0.221 e. The van der Waals surface area contributed by atoms with Crippen LogP contribution >= 0.6 is 0 Å². The molecular weight excluding hydrogens is 372 g/mol. The van der Waals surface area contributed by atoms with Gasteiger partial charge in [-0.1, -0.05) is 51.1 Å². The van der Waals surface area contributed by atoms with Gasteiger partial charge in [0.15, 0.2) is 9.84 Å². The van der Waals surface area contributed by atoms with Crippen LogP contribution in [0, 0.1) is 0 Å². The largest absolute Gasteiger partial charge is 0.361 e. The zero-order valence-corrected chi connectivity index (χ0v) is 17.3. The van der Waals surface area contributed by atoms with Gasteiger partial charge in [-0.2, -0.15) is 0 Å². The summed E-state index contributed by atoms with van der Waals surface area (Å²) in [6, 6.07) is 14.8. The van der Waals surface area contributed by atoms with Crippen molar-refractivity contribution in [3.63, 3.8) is 0 Å². The molecule has 0 atom stereocenters. The minimum Gasteiger partial charge on any atom is -0.361 e. The highest BCUT2D eigenvalue weighted by Gasteiger charge is 2.19. The number of hydrogen-bond acceptors (Lipinski definition) is 3. The second-order valence-corrected chi connectivity index (χ2v) is 10.1. The van der Waals surface area contributed by atoms with E-state index in [1.807, 2.05) is 42.6 Å². The van der Waals surface area contributed by atoms with Gasteiger partial charge in [0.2, 0.25) is 5.91 Å². The number of fused-ring (bicyclic) bond motifs is 1. The minimum atomic E-state index is -3.49. The molecule has 0 aliphatic carbocycles. The third-order valence-corrected chi connectivity index (χ3v) is 6.56. The number of H-pyrrole nitrogens is 1. The van der Waals surface area contributed by atoms with Gasteiger partial charge < -0.3 is 10.3 Å². The van der Waals surface area contributed by atoms with Gasteiger partial charge in [-0.15, -0.1) is 0 Å². The van der Waals surface area contributed by atoms with Crippen LogP contribution < -0.4 is 5.32 Å². The van der Waals surface area contributed by atoms with E-state index in [1.54, 1.807) is 12.1 Å². The highest BCUT2D eigenvalue weighted by Crippen LogP contribution is 2.24. The van der Waals surface area contributed by atoms with Crippen molar-refractivity contribution in [1.29, 1.82) is 0 Å². The summed E-state index contributed by atoms with van der Waals surface area (Å²) in [7, 11) is -3.49. The van der Waals surface area contributed by atoms with Crippen molar-refractivity contribution in [3.8, 4) is 0 Å². The zero-order chi connectivity index (χ0) is 20.4. The Kier molecular flexibility index (Phi) is 5.61. The van der Waals surface area contributed by atoms with Gasteiger partial charge >= 0.3 is 0 Å². The lowest BCUT2D eigenvalue weighted by atomic mass is 9.87. The molecule has 148 valence electrons. The minimum absolute atomic E-state index is 0.0371. The number of para-hydroxylation sites is 1. The third-order valence-electron chi connectivity index (χ3n) is 4.83. The molecule has 2 N–H and O–H groups in total. The fourth-order valence-corrected chi connectivity index (χ4v) is 4.31. The topological polar surface area (TPSA) is 79.0 Å². The van der Waals surface area contributed by atoms with Crippen molar-refractivity contribution in [2.24, 2.45) is 0 Å². The van der Waals surface area contributed by atoms with E-state index in [4.69, 9.17) is 0 Å². The van der Waals surface area contributed by atoms with Crippen LogP contribution in [0.2, 0.25) is 0 Å². The van der Waals surface area contributed by atoms with Crippen LogP contribution in [0.15, 0.2) is 59.6 Å². The normalized spacial score (nSPS) is 12.2. The van der Waals surface area contributed by atoms with E-state index in [0.29, 0.717) is 6.54 Å². The first-order valence-electron chi connectivity index (χ1n) is 9.32. The summed E-state index contributed by atoms with van der Waals surface area (Å²) in [5.74, 6) is -0.484. The van der Waals surface area contributed by atoms with Crippen LogP contribution in [-0.2, 0) is 26.6 Å². The Bertz CT molecular complexity index is 1070. The molecule has 28 heavy (non-hydrogen) atoms. The van der Waals surface area contributed by atoms with Crippen molar-refractivity contribution >= 4 is 26.6 Å². The highest BCUT2D eigenvalue weighted by atomic mass is 32.2. The van der Waals surface area contributed by atoms with Gasteiger partial charge in [0.05, 0.1) is 10.6 Å². The number of aromatic amines is 1. The quantitative estimate of drug-likeness (QED) is 0.660. The maximum atomic E-state index is 12.5. The molecule has 2 aromatic carbocycles. The number of sulfone groups is 1. The molecule has 0 aliphatic heterocycles. The summed E-state index contributed by atoms with van der Waals surface area (Å²) in [5.41, 5.74) is 3.02. The Morgan fingerprint density at radius 1 is 1.04 bits per heavy atom. The highest BCUT2D eigenvalue weighted by molar-refractivity contribution is 7.91. The Balaban J connectivity index is 1.57. The SMILES string of the molecule is CC(C)(C)c1ccc(S(=O)(=O)CCC(=O)NCc2c[nH]c3ccccc23)cc1. The van der Waals surface area contributed by atoms with Crippen LogP contribution in [0.5, 0.6) is 0 Å². The molecule has 0 saturated carbocycles. The van der Waals surface area contributed by atoms with Gasteiger partial charge in [0.1, 0.15) is 0 Å². The average Bonchev–Trinajstić information content (AvgIpc) is 3.07. The monoisotopic (exact) mass is 398 g/mol. The molecule has 1 heterocycles. The number of rotatable bonds is 6. The van der Waals surface area contributed by atoms with Gasteiger partial charge in [-0.25, -0.2) is 8.42 Å². The van der Waals surface area contributed by atoms with E-state index in [-0.39, 0.29) is 28.4 Å². The van der Waals surface area contributed by atoms with E-state index >= 15 is 0 Å². The Labute approximate surface area is 166 Å². The van der Waals surface area contributed by atoms with Crippen molar-refractivity contribution < 1.29 is 13.2 Å². The first-order chi connectivity index (χ1) is 13.2. The predicted octanol–water partition coefficient (Wildman–Crippen LogP) is 3.95. The molecule has 1 amide bonds. The summed E-state index contributed by atoms with van der Waals surface area (Å²) in [4.78, 5) is 15.6. The number of aromatic nitrogens is 1. The van der Waals surface area contributed by atoms with Crippen LogP contribution in [0.25, 0.3) is 10.9 Å². The van der Waals surface area contributed by atoms with Crippen molar-refractivity contribution in [3.05, 3.63) is 65.9 Å². The van der Waals surface area contributed by atoms with E-state index in [1.165, 1.54) is 0 Å². The lowest BCUT2D eigenvalue weighted by Crippen LogP contribution is -2.25. The van der Waals surface area contributed by atoms with E-state index in [0.717, 1.165) is 22.0 Å². The zero-order valence-electron chi connectivity index (χ0n) is 16.5. The molecule has 3 rings (SSSR count). The smallest absolute Gasteiger partial charge is 0.221 e. The third kappa shape index (κ3) is 4.62. The fourth-order valence-electron chi connectivity index (χ4n) is 3.07. The summed E-state index contributed by atoms with van der Waals surface area (Å²) in [5, 5.41) is 3.86. The van der Waals surface area contributed by atoms with Crippen molar-refractivity contribution in [2.75, 3.05) is 5.75 Å². The molecule has 0 fully saturated rings. The van der Waals surface area contributed by atoms with E-state index in [9.17, 15) is 13.2 Å². The molecule has 0 aliphatic rings. The molecule has 0 spiro atoms. The summed E-state index contributed by atoms with van der Waals surface area (Å²) in [6.07, 6.45) is 1.80. The van der Waals surface area contributed by atoms with Crippen molar-refractivity contribution in [2.45, 2.75) is 44.0 Å². The van der Waals surface area contributed by atoms with Crippen LogP contribution in [0.1, 0.15) is 38.3 Å². The lowest BCUT2D eigenvalue weighted by Gasteiger charge is -2.19. The lowest BCUT2D eigenvalue weighted by molar-refractivity contribution is -0.120. The van der Waals surface area contributed by atoms with Gasteiger partial charge in [0.25, 0.3) is 0 Å². The summed E-state index contributed by atoms with van der Waals surface area (Å²) in [6.45, 7) is 6.60. The first-order valence-corrected chi connectivity index (χ1v) is 11.0. The van der Waals surface area contributed by atoms with Crippen molar-refractivity contribution in [1.82, 2.24) is 10.3 Å². The first kappa shape index (κ1) is 20.1. The van der Waals surface area contributed by atoms with E-state index < -0.39 is 9.84 Å². The maximum absolute atomic E-state index is 12.5. The molecule has 6 heteroatoms. The molecule has 0 unspecified atom stereocenters. The molecule has 3 aromatic rings. The fraction of sp³-hybridized carbons (Fsp3) is 0.318. The molecule has 0 saturated heterocycles. The molecule has 0 bridgehead atoms. The number of amides is 1. The van der Waals surface area contributed by atoms with Crippen LogP contribution in [0.3, 0.4) is 0 Å². The van der Waals surface area contributed by atoms with Gasteiger partial charge in [-0.3, -0.25) is 4.79 Å². The van der Waals surface area contributed by atoms with E-state index in [2.05, 4.69) is 31.1 Å². The number of carbonyl (C=O) groups excluding carboxylic acids is 1. The second-order valence-electron chi connectivity index (χ2n) is 7.98. The Morgan fingerprint density at radius 2 is 1.71 bits per heavy atom. The predicted molar refractivity (Wildman–Crippen MR) is 112 cm³/mol. The molecule has 1 aromatic heterocycles. The standard InChI is InChI=1S/C22H26N2O3S/c1-22(2,3)17-8-10-18(11-9-17)28(26,27)13-12-21(25)24-15-16-14-23-20-7-5-4-6-19(16)20/h4-11,14,23H,12-13,15H2,1-3H3,(H,24,25). The van der Waals surface area contributed by atoms with Gasteiger partial charge in [-0.05, 0) is 34.7 Å². The Hall–Kier alpha value is -2.60. The van der Waals surface area contributed by atoms with Gasteiger partial charge in [0, 0.05) is 30.1 Å². The molecule has 5 nitrogen and oxygen atoms in total. The van der Waals surface area contributed by atoms with Crippen LogP contribution in [0.4, 0.5) is 0 Å². The average molecular weight is 399 g/mol. The number of benzene rings is 2. The number of carbonyl (C=O) groups is 1.